The average molecular weight is 292 g/mol. The van der Waals surface area contributed by atoms with E-state index in [1.54, 1.807) is 12.1 Å². The number of carbonyl (C=O) groups is 2. The van der Waals surface area contributed by atoms with Crippen LogP contribution in [0.3, 0.4) is 0 Å². The molecule has 0 fully saturated rings. The number of esters is 1. The first-order valence-corrected chi connectivity index (χ1v) is 6.93. The third-order valence-corrected chi connectivity index (χ3v) is 3.33. The SMILES string of the molecule is COC(=O)C(NC(=O)c1cccc2c1OCCN2)C(C)C. The summed E-state index contributed by atoms with van der Waals surface area (Å²) in [5.74, 6) is -0.351. The van der Waals surface area contributed by atoms with Crippen molar-refractivity contribution in [3.63, 3.8) is 0 Å². The van der Waals surface area contributed by atoms with Crippen LogP contribution in [0, 0.1) is 5.92 Å². The first-order chi connectivity index (χ1) is 10.0. The van der Waals surface area contributed by atoms with Gasteiger partial charge in [-0.1, -0.05) is 19.9 Å². The van der Waals surface area contributed by atoms with Crippen molar-refractivity contribution in [2.45, 2.75) is 19.9 Å². The first kappa shape index (κ1) is 15.2. The molecule has 0 aromatic heterocycles. The Morgan fingerprint density at radius 1 is 1.38 bits per heavy atom. The lowest BCUT2D eigenvalue weighted by Crippen LogP contribution is -2.45. The summed E-state index contributed by atoms with van der Waals surface area (Å²) in [6.45, 7) is 4.90. The van der Waals surface area contributed by atoms with Crippen LogP contribution in [0.2, 0.25) is 0 Å². The van der Waals surface area contributed by atoms with Crippen molar-refractivity contribution in [3.05, 3.63) is 23.8 Å². The molecule has 1 aliphatic heterocycles. The Kier molecular flexibility index (Phi) is 4.67. The molecule has 114 valence electrons. The van der Waals surface area contributed by atoms with E-state index in [1.807, 2.05) is 19.9 Å². The summed E-state index contributed by atoms with van der Waals surface area (Å²) in [5.41, 5.74) is 1.20. The van der Waals surface area contributed by atoms with Gasteiger partial charge in [0.05, 0.1) is 18.4 Å². The summed E-state index contributed by atoms with van der Waals surface area (Å²) in [6, 6.07) is 4.62. The molecule has 0 aliphatic carbocycles. The molecular formula is C15H20N2O4. The molecule has 1 aromatic rings. The number of hydrogen-bond acceptors (Lipinski definition) is 5. The van der Waals surface area contributed by atoms with Crippen LogP contribution in [0.4, 0.5) is 5.69 Å². The minimum absolute atomic E-state index is 0.0695. The Morgan fingerprint density at radius 3 is 2.81 bits per heavy atom. The maximum atomic E-state index is 12.4. The van der Waals surface area contributed by atoms with Crippen LogP contribution in [-0.4, -0.2) is 38.2 Å². The Bertz CT molecular complexity index is 542. The van der Waals surface area contributed by atoms with Crippen LogP contribution in [0.25, 0.3) is 0 Å². The van der Waals surface area contributed by atoms with Gasteiger partial charge in [-0.15, -0.1) is 0 Å². The molecule has 1 atom stereocenters. The predicted molar refractivity (Wildman–Crippen MR) is 78.5 cm³/mol. The Morgan fingerprint density at radius 2 is 2.14 bits per heavy atom. The standard InChI is InChI=1S/C15H20N2O4/c1-9(2)12(15(19)20-3)17-14(18)10-5-4-6-11-13(10)21-8-7-16-11/h4-6,9,12,16H,7-8H2,1-3H3,(H,17,18). The highest BCUT2D eigenvalue weighted by Crippen LogP contribution is 2.31. The van der Waals surface area contributed by atoms with Gasteiger partial charge in [-0.25, -0.2) is 4.79 Å². The van der Waals surface area contributed by atoms with E-state index in [2.05, 4.69) is 10.6 Å². The third kappa shape index (κ3) is 3.26. The largest absolute Gasteiger partial charge is 0.489 e. The molecule has 0 saturated carbocycles. The zero-order valence-corrected chi connectivity index (χ0v) is 12.4. The van der Waals surface area contributed by atoms with Crippen molar-refractivity contribution in [1.29, 1.82) is 0 Å². The quantitative estimate of drug-likeness (QED) is 0.821. The van der Waals surface area contributed by atoms with Gasteiger partial charge in [-0.2, -0.15) is 0 Å². The van der Waals surface area contributed by atoms with Gasteiger partial charge in [-0.05, 0) is 18.1 Å². The minimum atomic E-state index is -0.685. The van der Waals surface area contributed by atoms with Crippen LogP contribution in [0.5, 0.6) is 5.75 Å². The number of hydrogen-bond donors (Lipinski definition) is 2. The monoisotopic (exact) mass is 292 g/mol. The maximum Gasteiger partial charge on any atom is 0.328 e. The van der Waals surface area contributed by atoms with Gasteiger partial charge in [0, 0.05) is 6.54 Å². The topological polar surface area (TPSA) is 76.7 Å². The molecule has 1 amide bonds. The fraction of sp³-hybridized carbons (Fsp3) is 0.467. The summed E-state index contributed by atoms with van der Waals surface area (Å²) < 4.78 is 10.3. The van der Waals surface area contributed by atoms with E-state index in [0.29, 0.717) is 24.5 Å². The molecule has 2 N–H and O–H groups in total. The number of rotatable bonds is 4. The van der Waals surface area contributed by atoms with E-state index < -0.39 is 12.0 Å². The van der Waals surface area contributed by atoms with Crippen molar-refractivity contribution in [2.24, 2.45) is 5.92 Å². The van der Waals surface area contributed by atoms with Crippen molar-refractivity contribution in [3.8, 4) is 5.75 Å². The molecule has 0 bridgehead atoms. The zero-order chi connectivity index (χ0) is 15.4. The number of ether oxygens (including phenoxy) is 2. The van der Waals surface area contributed by atoms with Gasteiger partial charge in [0.1, 0.15) is 12.6 Å². The van der Waals surface area contributed by atoms with E-state index in [9.17, 15) is 9.59 Å². The number of fused-ring (bicyclic) bond motifs is 1. The normalized spacial score (nSPS) is 14.5. The van der Waals surface area contributed by atoms with Gasteiger partial charge in [0.15, 0.2) is 5.75 Å². The van der Waals surface area contributed by atoms with Crippen LogP contribution >= 0.6 is 0 Å². The Balaban J connectivity index is 2.22. The number of anilines is 1. The fourth-order valence-electron chi connectivity index (χ4n) is 2.19. The van der Waals surface area contributed by atoms with Crippen LogP contribution in [0.1, 0.15) is 24.2 Å². The smallest absolute Gasteiger partial charge is 0.328 e. The van der Waals surface area contributed by atoms with Gasteiger partial charge in [0.25, 0.3) is 5.91 Å². The summed E-state index contributed by atoms with van der Waals surface area (Å²) in [7, 11) is 1.31. The number of para-hydroxylation sites is 1. The molecule has 1 unspecified atom stereocenters. The lowest BCUT2D eigenvalue weighted by molar-refractivity contribution is -0.144. The van der Waals surface area contributed by atoms with Crippen molar-refractivity contribution in [2.75, 3.05) is 25.6 Å². The molecule has 1 aliphatic rings. The molecule has 2 rings (SSSR count). The van der Waals surface area contributed by atoms with Crippen molar-refractivity contribution >= 4 is 17.6 Å². The summed E-state index contributed by atoms with van der Waals surface area (Å²) in [4.78, 5) is 24.2. The second-order valence-corrected chi connectivity index (χ2v) is 5.18. The molecule has 6 heteroatoms. The number of carbonyl (C=O) groups excluding carboxylic acids is 2. The second kappa shape index (κ2) is 6.47. The van der Waals surface area contributed by atoms with Crippen LogP contribution < -0.4 is 15.4 Å². The van der Waals surface area contributed by atoms with Crippen LogP contribution in [-0.2, 0) is 9.53 Å². The predicted octanol–water partition coefficient (Wildman–Crippen LogP) is 1.42. The summed E-state index contributed by atoms with van der Waals surface area (Å²) >= 11 is 0. The maximum absolute atomic E-state index is 12.4. The number of nitrogens with one attached hydrogen (secondary N) is 2. The lowest BCUT2D eigenvalue weighted by atomic mass is 10.0. The van der Waals surface area contributed by atoms with Gasteiger partial charge in [0.2, 0.25) is 0 Å². The van der Waals surface area contributed by atoms with Gasteiger partial charge >= 0.3 is 5.97 Å². The second-order valence-electron chi connectivity index (χ2n) is 5.18. The minimum Gasteiger partial charge on any atom is -0.489 e. The molecule has 0 saturated heterocycles. The van der Waals surface area contributed by atoms with Gasteiger partial charge < -0.3 is 20.1 Å². The van der Waals surface area contributed by atoms with Crippen molar-refractivity contribution in [1.82, 2.24) is 5.32 Å². The molecule has 1 heterocycles. The van der Waals surface area contributed by atoms with Crippen LogP contribution in [0.15, 0.2) is 18.2 Å². The average Bonchev–Trinajstić information content (AvgIpc) is 2.50. The lowest BCUT2D eigenvalue weighted by Gasteiger charge is -2.23. The van der Waals surface area contributed by atoms with Crippen molar-refractivity contribution < 1.29 is 19.1 Å². The Labute approximate surface area is 123 Å². The highest BCUT2D eigenvalue weighted by Gasteiger charge is 2.27. The molecule has 6 nitrogen and oxygen atoms in total. The van der Waals surface area contributed by atoms with E-state index in [0.717, 1.165) is 5.69 Å². The molecule has 1 aromatic carbocycles. The Hall–Kier alpha value is -2.24. The van der Waals surface area contributed by atoms with E-state index in [-0.39, 0.29) is 11.8 Å². The highest BCUT2D eigenvalue weighted by molar-refractivity contribution is 6.00. The van der Waals surface area contributed by atoms with E-state index in [1.165, 1.54) is 7.11 Å². The number of benzene rings is 1. The molecule has 0 spiro atoms. The molecule has 0 radical (unpaired) electrons. The highest BCUT2D eigenvalue weighted by atomic mass is 16.5. The van der Waals surface area contributed by atoms with Gasteiger partial charge in [-0.3, -0.25) is 4.79 Å². The molecule has 21 heavy (non-hydrogen) atoms. The van der Waals surface area contributed by atoms with E-state index in [4.69, 9.17) is 9.47 Å². The zero-order valence-electron chi connectivity index (χ0n) is 12.4. The van der Waals surface area contributed by atoms with E-state index >= 15 is 0 Å². The summed E-state index contributed by atoms with van der Waals surface area (Å²) in [5, 5.41) is 5.88. The number of methoxy groups -OCH3 is 1. The number of amides is 1. The first-order valence-electron chi connectivity index (χ1n) is 6.93. The molecular weight excluding hydrogens is 272 g/mol. The summed E-state index contributed by atoms with van der Waals surface area (Å²) in [6.07, 6.45) is 0. The fourth-order valence-corrected chi connectivity index (χ4v) is 2.19. The third-order valence-electron chi connectivity index (χ3n) is 3.33.